The van der Waals surface area contributed by atoms with Gasteiger partial charge in [0, 0.05) is 17.7 Å². The van der Waals surface area contributed by atoms with Crippen molar-refractivity contribution in [1.29, 1.82) is 0 Å². The van der Waals surface area contributed by atoms with Crippen molar-refractivity contribution in [2.45, 2.75) is 32.5 Å². The van der Waals surface area contributed by atoms with Gasteiger partial charge in [-0.15, -0.1) is 0 Å². The van der Waals surface area contributed by atoms with Crippen LogP contribution in [0.15, 0.2) is 18.2 Å². The Bertz CT molecular complexity index is 436. The topological polar surface area (TPSA) is 44.8 Å². The van der Waals surface area contributed by atoms with Crippen molar-refractivity contribution in [2.75, 3.05) is 20.3 Å². The van der Waals surface area contributed by atoms with E-state index in [2.05, 4.69) is 0 Å². The fourth-order valence-corrected chi connectivity index (χ4v) is 2.19. The number of methoxy groups -OCH3 is 1. The van der Waals surface area contributed by atoms with Gasteiger partial charge in [-0.1, -0.05) is 0 Å². The summed E-state index contributed by atoms with van der Waals surface area (Å²) in [4.78, 5) is 11.4. The van der Waals surface area contributed by atoms with E-state index in [-0.39, 0.29) is 11.9 Å². The van der Waals surface area contributed by atoms with Gasteiger partial charge in [0.1, 0.15) is 5.75 Å². The highest BCUT2D eigenvalue weighted by Gasteiger charge is 2.16. The molecule has 1 atom stereocenters. The van der Waals surface area contributed by atoms with E-state index in [1.165, 1.54) is 0 Å². The first-order valence-electron chi connectivity index (χ1n) is 6.58. The van der Waals surface area contributed by atoms with Gasteiger partial charge in [-0.25, -0.2) is 0 Å². The molecule has 1 aliphatic rings. The van der Waals surface area contributed by atoms with E-state index in [1.807, 2.05) is 12.1 Å². The minimum absolute atomic E-state index is 0.0445. The van der Waals surface area contributed by atoms with Crippen molar-refractivity contribution in [3.63, 3.8) is 0 Å². The Balaban J connectivity index is 1.96. The smallest absolute Gasteiger partial charge is 0.159 e. The molecule has 0 radical (unpaired) electrons. The van der Waals surface area contributed by atoms with Gasteiger partial charge in [0.2, 0.25) is 0 Å². The molecule has 104 valence electrons. The number of carbonyl (C=O) groups is 1. The maximum atomic E-state index is 11.4. The van der Waals surface area contributed by atoms with E-state index in [4.69, 9.17) is 14.2 Å². The van der Waals surface area contributed by atoms with Gasteiger partial charge in [0.05, 0.1) is 26.4 Å². The summed E-state index contributed by atoms with van der Waals surface area (Å²) in [7, 11) is 1.62. The number of hydrogen-bond donors (Lipinski definition) is 0. The molecule has 1 saturated heterocycles. The molecule has 0 N–H and O–H groups in total. The highest BCUT2D eigenvalue weighted by atomic mass is 16.5. The quantitative estimate of drug-likeness (QED) is 0.741. The number of ketones is 1. The number of hydrogen-bond acceptors (Lipinski definition) is 4. The highest BCUT2D eigenvalue weighted by Crippen LogP contribution is 2.22. The SMILES string of the molecule is COc1ccc(C(C)=O)cc1COCC1CCCO1. The van der Waals surface area contributed by atoms with Gasteiger partial charge in [-0.05, 0) is 38.0 Å². The van der Waals surface area contributed by atoms with Crippen LogP contribution in [0.2, 0.25) is 0 Å². The largest absolute Gasteiger partial charge is 0.496 e. The average molecular weight is 264 g/mol. The first kappa shape index (κ1) is 14.0. The van der Waals surface area contributed by atoms with Crippen molar-refractivity contribution in [2.24, 2.45) is 0 Å². The predicted molar refractivity (Wildman–Crippen MR) is 71.6 cm³/mol. The van der Waals surface area contributed by atoms with E-state index in [1.54, 1.807) is 20.1 Å². The molecule has 1 unspecified atom stereocenters. The van der Waals surface area contributed by atoms with Gasteiger partial charge in [-0.3, -0.25) is 4.79 Å². The standard InChI is InChI=1S/C15H20O4/c1-11(16)12-5-6-15(17-2)13(8-12)9-18-10-14-4-3-7-19-14/h5-6,8,14H,3-4,7,9-10H2,1-2H3. The van der Waals surface area contributed by atoms with Crippen LogP contribution in [0.5, 0.6) is 5.75 Å². The summed E-state index contributed by atoms with van der Waals surface area (Å²) in [6.45, 7) is 3.41. The molecule has 0 aromatic heterocycles. The zero-order valence-electron chi connectivity index (χ0n) is 11.5. The molecule has 2 rings (SSSR count). The Morgan fingerprint density at radius 1 is 1.47 bits per heavy atom. The van der Waals surface area contributed by atoms with E-state index < -0.39 is 0 Å². The molecule has 19 heavy (non-hydrogen) atoms. The summed E-state index contributed by atoms with van der Waals surface area (Å²) < 4.78 is 16.4. The monoisotopic (exact) mass is 264 g/mol. The Morgan fingerprint density at radius 2 is 2.32 bits per heavy atom. The molecular formula is C15H20O4. The summed E-state index contributed by atoms with van der Waals surface area (Å²) in [5.74, 6) is 0.792. The number of Topliss-reactive ketones (excluding diaryl/α,β-unsaturated/α-hetero) is 1. The highest BCUT2D eigenvalue weighted by molar-refractivity contribution is 5.94. The van der Waals surface area contributed by atoms with Crippen LogP contribution < -0.4 is 4.74 Å². The molecule has 0 spiro atoms. The molecule has 0 saturated carbocycles. The van der Waals surface area contributed by atoms with E-state index in [9.17, 15) is 4.79 Å². The lowest BCUT2D eigenvalue weighted by Crippen LogP contribution is -2.14. The Hall–Kier alpha value is -1.39. The van der Waals surface area contributed by atoms with Crippen LogP contribution in [-0.4, -0.2) is 32.2 Å². The lowest BCUT2D eigenvalue weighted by Gasteiger charge is -2.13. The third kappa shape index (κ3) is 3.78. The maximum Gasteiger partial charge on any atom is 0.159 e. The molecule has 4 nitrogen and oxygen atoms in total. The van der Waals surface area contributed by atoms with Crippen molar-refractivity contribution >= 4 is 5.78 Å². The Labute approximate surface area is 113 Å². The van der Waals surface area contributed by atoms with Gasteiger partial charge < -0.3 is 14.2 Å². The summed E-state index contributed by atoms with van der Waals surface area (Å²) >= 11 is 0. The fourth-order valence-electron chi connectivity index (χ4n) is 2.19. The summed E-state index contributed by atoms with van der Waals surface area (Å²) in [5, 5.41) is 0. The van der Waals surface area contributed by atoms with Crippen LogP contribution in [0.4, 0.5) is 0 Å². The Kier molecular flexibility index (Phi) is 4.93. The van der Waals surface area contributed by atoms with Crippen LogP contribution in [0.25, 0.3) is 0 Å². The first-order chi connectivity index (χ1) is 9.20. The van der Waals surface area contributed by atoms with Gasteiger partial charge in [0.25, 0.3) is 0 Å². The van der Waals surface area contributed by atoms with Crippen molar-refractivity contribution in [1.82, 2.24) is 0 Å². The molecule has 0 amide bonds. The van der Waals surface area contributed by atoms with Gasteiger partial charge in [-0.2, -0.15) is 0 Å². The molecule has 1 aliphatic heterocycles. The van der Waals surface area contributed by atoms with Crippen LogP contribution >= 0.6 is 0 Å². The average Bonchev–Trinajstić information content (AvgIpc) is 2.91. The first-order valence-corrected chi connectivity index (χ1v) is 6.58. The third-order valence-corrected chi connectivity index (χ3v) is 3.27. The molecular weight excluding hydrogens is 244 g/mol. The van der Waals surface area contributed by atoms with Crippen LogP contribution in [0.3, 0.4) is 0 Å². The second-order valence-corrected chi connectivity index (χ2v) is 4.73. The lowest BCUT2D eigenvalue weighted by atomic mass is 10.1. The zero-order chi connectivity index (χ0) is 13.7. The predicted octanol–water partition coefficient (Wildman–Crippen LogP) is 2.59. The summed E-state index contributed by atoms with van der Waals surface area (Å²) in [6.07, 6.45) is 2.38. The molecule has 1 aromatic rings. The second-order valence-electron chi connectivity index (χ2n) is 4.73. The van der Waals surface area contributed by atoms with Crippen molar-refractivity contribution < 1.29 is 19.0 Å². The third-order valence-electron chi connectivity index (χ3n) is 3.27. The van der Waals surface area contributed by atoms with Crippen LogP contribution in [0, 0.1) is 0 Å². The zero-order valence-corrected chi connectivity index (χ0v) is 11.5. The number of benzene rings is 1. The molecule has 1 fully saturated rings. The minimum atomic E-state index is 0.0445. The summed E-state index contributed by atoms with van der Waals surface area (Å²) in [5.41, 5.74) is 1.57. The minimum Gasteiger partial charge on any atom is -0.496 e. The van der Waals surface area contributed by atoms with E-state index in [0.717, 1.165) is 30.8 Å². The molecule has 0 bridgehead atoms. The second kappa shape index (κ2) is 6.68. The number of ether oxygens (including phenoxy) is 3. The van der Waals surface area contributed by atoms with Crippen molar-refractivity contribution in [3.05, 3.63) is 29.3 Å². The molecule has 1 heterocycles. The maximum absolute atomic E-state index is 11.4. The molecule has 0 aliphatic carbocycles. The van der Waals surface area contributed by atoms with Crippen molar-refractivity contribution in [3.8, 4) is 5.75 Å². The van der Waals surface area contributed by atoms with Gasteiger partial charge in [0.15, 0.2) is 5.78 Å². The summed E-state index contributed by atoms with van der Waals surface area (Å²) in [6, 6.07) is 5.41. The van der Waals surface area contributed by atoms with Crippen LogP contribution in [0.1, 0.15) is 35.7 Å². The number of carbonyl (C=O) groups excluding carboxylic acids is 1. The number of rotatable bonds is 6. The van der Waals surface area contributed by atoms with E-state index in [0.29, 0.717) is 18.8 Å². The lowest BCUT2D eigenvalue weighted by molar-refractivity contribution is 0.0101. The Morgan fingerprint density at radius 3 is 2.95 bits per heavy atom. The molecule has 4 heteroatoms. The normalized spacial score (nSPS) is 18.5. The molecule has 1 aromatic carbocycles. The van der Waals surface area contributed by atoms with Gasteiger partial charge >= 0.3 is 0 Å². The fraction of sp³-hybridized carbons (Fsp3) is 0.533. The van der Waals surface area contributed by atoms with E-state index >= 15 is 0 Å². The van der Waals surface area contributed by atoms with Crippen LogP contribution in [-0.2, 0) is 16.1 Å².